The van der Waals surface area contributed by atoms with Gasteiger partial charge in [0.05, 0.1) is 5.56 Å². The van der Waals surface area contributed by atoms with Crippen LogP contribution < -0.4 is 5.73 Å². The zero-order chi connectivity index (χ0) is 11.6. The number of nitrogen functional groups attached to an aromatic ring is 1. The molecular weight excluding hydrogens is 204 g/mol. The van der Waals surface area contributed by atoms with Gasteiger partial charge in [-0.2, -0.15) is 0 Å². The molecule has 1 aliphatic heterocycles. The predicted molar refractivity (Wildman–Crippen MR) is 61.2 cm³/mol. The third-order valence-electron chi connectivity index (χ3n) is 3.05. The van der Waals surface area contributed by atoms with E-state index in [1.807, 2.05) is 6.92 Å². The third kappa shape index (κ3) is 1.93. The SMILES string of the molecule is CC1(C(=O)c2cnccc2N)CCCCO1. The first kappa shape index (κ1) is 11.1. The van der Waals surface area contributed by atoms with Gasteiger partial charge in [-0.05, 0) is 32.3 Å². The molecule has 1 saturated heterocycles. The number of hydrogen-bond acceptors (Lipinski definition) is 4. The number of pyridine rings is 1. The number of carbonyl (C=O) groups excluding carboxylic acids is 1. The van der Waals surface area contributed by atoms with Crippen LogP contribution in [0, 0.1) is 0 Å². The molecule has 2 N–H and O–H groups in total. The normalized spacial score (nSPS) is 25.3. The molecule has 1 unspecified atom stereocenters. The average molecular weight is 220 g/mol. The molecule has 1 aliphatic rings. The molecule has 0 spiro atoms. The van der Waals surface area contributed by atoms with Crippen molar-refractivity contribution in [2.45, 2.75) is 31.8 Å². The van der Waals surface area contributed by atoms with Gasteiger partial charge in [0.25, 0.3) is 0 Å². The molecule has 0 amide bonds. The Kier molecular flexibility index (Phi) is 2.92. The van der Waals surface area contributed by atoms with Crippen molar-refractivity contribution in [2.75, 3.05) is 12.3 Å². The van der Waals surface area contributed by atoms with E-state index in [9.17, 15) is 4.79 Å². The van der Waals surface area contributed by atoms with Gasteiger partial charge < -0.3 is 10.5 Å². The molecule has 4 nitrogen and oxygen atoms in total. The van der Waals surface area contributed by atoms with Crippen LogP contribution in [0.5, 0.6) is 0 Å². The fourth-order valence-electron chi connectivity index (χ4n) is 1.99. The Morgan fingerprint density at radius 2 is 2.38 bits per heavy atom. The fraction of sp³-hybridized carbons (Fsp3) is 0.500. The van der Waals surface area contributed by atoms with Crippen molar-refractivity contribution < 1.29 is 9.53 Å². The van der Waals surface area contributed by atoms with E-state index in [0.29, 0.717) is 17.9 Å². The topological polar surface area (TPSA) is 65.2 Å². The number of hydrogen-bond donors (Lipinski definition) is 1. The summed E-state index contributed by atoms with van der Waals surface area (Å²) < 4.78 is 5.60. The monoisotopic (exact) mass is 220 g/mol. The van der Waals surface area contributed by atoms with Crippen LogP contribution in [0.4, 0.5) is 5.69 Å². The second-order valence-electron chi connectivity index (χ2n) is 4.33. The Morgan fingerprint density at radius 1 is 1.56 bits per heavy atom. The van der Waals surface area contributed by atoms with Gasteiger partial charge in [-0.1, -0.05) is 0 Å². The van der Waals surface area contributed by atoms with Crippen LogP contribution in [0.3, 0.4) is 0 Å². The second-order valence-corrected chi connectivity index (χ2v) is 4.33. The molecule has 0 radical (unpaired) electrons. The molecule has 2 rings (SSSR count). The van der Waals surface area contributed by atoms with E-state index in [-0.39, 0.29) is 5.78 Å². The lowest BCUT2D eigenvalue weighted by Gasteiger charge is -2.32. The minimum absolute atomic E-state index is 0.0576. The standard InChI is InChI=1S/C12H16N2O2/c1-12(5-2-3-7-16-12)11(15)9-8-14-6-4-10(9)13/h4,6,8H,2-3,5,7H2,1H3,(H2,13,14). The van der Waals surface area contributed by atoms with Gasteiger partial charge in [-0.25, -0.2) is 0 Å². The summed E-state index contributed by atoms with van der Waals surface area (Å²) in [7, 11) is 0. The molecule has 1 fully saturated rings. The van der Waals surface area contributed by atoms with E-state index in [2.05, 4.69) is 4.98 Å². The number of anilines is 1. The Balaban J connectivity index is 2.28. The molecule has 1 atom stereocenters. The summed E-state index contributed by atoms with van der Waals surface area (Å²) in [5, 5.41) is 0. The summed E-state index contributed by atoms with van der Waals surface area (Å²) in [5.74, 6) is -0.0576. The fourth-order valence-corrected chi connectivity index (χ4v) is 1.99. The van der Waals surface area contributed by atoms with Crippen LogP contribution in [-0.4, -0.2) is 23.0 Å². The lowest BCUT2D eigenvalue weighted by atomic mass is 9.88. The van der Waals surface area contributed by atoms with Crippen molar-refractivity contribution in [3.05, 3.63) is 24.0 Å². The van der Waals surface area contributed by atoms with Gasteiger partial charge in [0, 0.05) is 24.7 Å². The van der Waals surface area contributed by atoms with E-state index in [4.69, 9.17) is 10.5 Å². The Hall–Kier alpha value is -1.42. The van der Waals surface area contributed by atoms with Gasteiger partial charge >= 0.3 is 0 Å². The van der Waals surface area contributed by atoms with Crippen LogP contribution in [0.1, 0.15) is 36.5 Å². The number of carbonyl (C=O) groups is 1. The number of nitrogens with two attached hydrogens (primary N) is 1. The number of rotatable bonds is 2. The summed E-state index contributed by atoms with van der Waals surface area (Å²) in [6.07, 6.45) is 5.88. The molecule has 1 aromatic rings. The minimum Gasteiger partial charge on any atom is -0.398 e. The highest BCUT2D eigenvalue weighted by Gasteiger charge is 2.37. The highest BCUT2D eigenvalue weighted by atomic mass is 16.5. The van der Waals surface area contributed by atoms with E-state index in [0.717, 1.165) is 19.3 Å². The molecule has 1 aromatic heterocycles. The first-order valence-corrected chi connectivity index (χ1v) is 5.52. The maximum Gasteiger partial charge on any atom is 0.197 e. The maximum absolute atomic E-state index is 12.3. The number of ether oxygens (including phenoxy) is 1. The number of nitrogens with zero attached hydrogens (tertiary/aromatic N) is 1. The van der Waals surface area contributed by atoms with Crippen molar-refractivity contribution in [3.63, 3.8) is 0 Å². The van der Waals surface area contributed by atoms with Crippen LogP contribution in [0.2, 0.25) is 0 Å². The quantitative estimate of drug-likeness (QED) is 0.772. The largest absolute Gasteiger partial charge is 0.398 e. The summed E-state index contributed by atoms with van der Waals surface area (Å²) in [6.45, 7) is 2.48. The maximum atomic E-state index is 12.3. The van der Waals surface area contributed by atoms with Gasteiger partial charge in [-0.15, -0.1) is 0 Å². The van der Waals surface area contributed by atoms with Gasteiger partial charge in [-0.3, -0.25) is 9.78 Å². The first-order chi connectivity index (χ1) is 7.63. The molecule has 0 aromatic carbocycles. The minimum atomic E-state index is -0.727. The molecular formula is C12H16N2O2. The molecule has 4 heteroatoms. The Morgan fingerprint density at radius 3 is 3.00 bits per heavy atom. The van der Waals surface area contributed by atoms with Crippen molar-refractivity contribution in [2.24, 2.45) is 0 Å². The van der Waals surface area contributed by atoms with Crippen molar-refractivity contribution in [1.82, 2.24) is 4.98 Å². The second kappa shape index (κ2) is 4.22. The third-order valence-corrected chi connectivity index (χ3v) is 3.05. The highest BCUT2D eigenvalue weighted by molar-refractivity contribution is 6.05. The lowest BCUT2D eigenvalue weighted by molar-refractivity contribution is -0.0425. The number of ketones is 1. The van der Waals surface area contributed by atoms with Crippen molar-refractivity contribution in [1.29, 1.82) is 0 Å². The van der Waals surface area contributed by atoms with Crippen LogP contribution >= 0.6 is 0 Å². The Bertz CT molecular complexity index is 398. The Labute approximate surface area is 94.8 Å². The molecule has 16 heavy (non-hydrogen) atoms. The van der Waals surface area contributed by atoms with Gasteiger partial charge in [0.15, 0.2) is 5.78 Å². The number of aromatic nitrogens is 1. The van der Waals surface area contributed by atoms with E-state index in [1.165, 1.54) is 6.20 Å². The lowest BCUT2D eigenvalue weighted by Crippen LogP contribution is -2.41. The zero-order valence-electron chi connectivity index (χ0n) is 9.40. The van der Waals surface area contributed by atoms with Gasteiger partial charge in [0.1, 0.15) is 5.60 Å². The molecule has 86 valence electrons. The molecule has 2 heterocycles. The van der Waals surface area contributed by atoms with Gasteiger partial charge in [0.2, 0.25) is 0 Å². The zero-order valence-corrected chi connectivity index (χ0v) is 9.40. The van der Waals surface area contributed by atoms with Crippen molar-refractivity contribution in [3.8, 4) is 0 Å². The van der Waals surface area contributed by atoms with Crippen LogP contribution in [0.15, 0.2) is 18.5 Å². The van der Waals surface area contributed by atoms with E-state index >= 15 is 0 Å². The summed E-state index contributed by atoms with van der Waals surface area (Å²) in [5.41, 5.74) is 5.98. The summed E-state index contributed by atoms with van der Waals surface area (Å²) in [4.78, 5) is 16.2. The number of Topliss-reactive ketones (excluding diaryl/α,β-unsaturated/α-hetero) is 1. The van der Waals surface area contributed by atoms with Crippen molar-refractivity contribution >= 4 is 11.5 Å². The smallest absolute Gasteiger partial charge is 0.197 e. The summed E-state index contributed by atoms with van der Waals surface area (Å²) in [6, 6.07) is 1.64. The first-order valence-electron chi connectivity index (χ1n) is 5.52. The predicted octanol–water partition coefficient (Wildman–Crippen LogP) is 1.81. The van der Waals surface area contributed by atoms with Crippen LogP contribution in [0.25, 0.3) is 0 Å². The van der Waals surface area contributed by atoms with E-state index in [1.54, 1.807) is 12.3 Å². The summed E-state index contributed by atoms with van der Waals surface area (Å²) >= 11 is 0. The molecule has 0 saturated carbocycles. The van der Waals surface area contributed by atoms with E-state index < -0.39 is 5.60 Å². The molecule has 0 aliphatic carbocycles. The molecule has 0 bridgehead atoms. The van der Waals surface area contributed by atoms with Crippen LogP contribution in [-0.2, 0) is 4.74 Å². The average Bonchev–Trinajstić information content (AvgIpc) is 2.30. The highest BCUT2D eigenvalue weighted by Crippen LogP contribution is 2.29.